The molecule has 0 saturated carbocycles. The van der Waals surface area contributed by atoms with E-state index in [-0.39, 0.29) is 21.0 Å². The van der Waals surface area contributed by atoms with Crippen LogP contribution in [-0.2, 0) is 10.0 Å². The Morgan fingerprint density at radius 3 is 2.30 bits per heavy atom. The molecule has 1 fully saturated rings. The molecule has 1 unspecified atom stereocenters. The number of piperazine rings is 1. The van der Waals surface area contributed by atoms with Gasteiger partial charge in [0, 0.05) is 31.4 Å². The molecule has 1 aromatic rings. The molecule has 1 aliphatic heterocycles. The van der Waals surface area contributed by atoms with E-state index in [0.29, 0.717) is 25.3 Å². The van der Waals surface area contributed by atoms with Crippen LogP contribution in [0.4, 0.5) is 5.69 Å². The number of halogens is 2. The summed E-state index contributed by atoms with van der Waals surface area (Å²) in [5, 5.41) is 0.113. The molecule has 1 heterocycles. The molecule has 1 aliphatic rings. The molecule has 0 radical (unpaired) electrons. The van der Waals surface area contributed by atoms with Gasteiger partial charge in [-0.3, -0.25) is 0 Å². The van der Waals surface area contributed by atoms with Crippen molar-refractivity contribution < 1.29 is 8.42 Å². The summed E-state index contributed by atoms with van der Waals surface area (Å²) < 4.78 is 27.0. The Hall–Kier alpha value is -0.530. The number of anilines is 1. The van der Waals surface area contributed by atoms with Crippen LogP contribution in [0, 0.1) is 0 Å². The van der Waals surface area contributed by atoms with Gasteiger partial charge >= 0.3 is 0 Å². The quantitative estimate of drug-likeness (QED) is 0.837. The maximum absolute atomic E-state index is 12.8. The molecular weight excluding hydrogens is 321 g/mol. The van der Waals surface area contributed by atoms with E-state index < -0.39 is 10.0 Å². The van der Waals surface area contributed by atoms with E-state index in [1.54, 1.807) is 0 Å². The Bertz CT molecular complexity index is 598. The Balaban J connectivity index is 2.46. The van der Waals surface area contributed by atoms with Gasteiger partial charge in [0.2, 0.25) is 10.0 Å². The molecule has 0 bridgehead atoms. The fourth-order valence-electron chi connectivity index (χ4n) is 2.42. The Morgan fingerprint density at radius 2 is 1.80 bits per heavy atom. The highest BCUT2D eigenvalue weighted by Gasteiger charge is 2.35. The van der Waals surface area contributed by atoms with E-state index in [9.17, 15) is 8.42 Å². The van der Waals surface area contributed by atoms with Gasteiger partial charge in [-0.05, 0) is 26.1 Å². The lowest BCUT2D eigenvalue weighted by atomic mass is 10.2. The van der Waals surface area contributed by atoms with E-state index >= 15 is 0 Å². The molecule has 2 rings (SSSR count). The summed E-state index contributed by atoms with van der Waals surface area (Å²) in [7, 11) is -1.76. The van der Waals surface area contributed by atoms with Crippen molar-refractivity contribution in [2.75, 3.05) is 32.4 Å². The molecule has 0 spiro atoms. The molecule has 8 heteroatoms. The number of sulfonamides is 1. The van der Waals surface area contributed by atoms with Crippen molar-refractivity contribution in [1.82, 2.24) is 9.21 Å². The van der Waals surface area contributed by atoms with Crippen molar-refractivity contribution in [3.8, 4) is 0 Å². The van der Waals surface area contributed by atoms with Crippen LogP contribution in [0.15, 0.2) is 17.0 Å². The van der Waals surface area contributed by atoms with Gasteiger partial charge in [-0.1, -0.05) is 23.2 Å². The van der Waals surface area contributed by atoms with Crippen molar-refractivity contribution in [3.63, 3.8) is 0 Å². The predicted octanol–water partition coefficient (Wildman–Crippen LogP) is 1.90. The first-order valence-electron chi connectivity index (χ1n) is 6.18. The van der Waals surface area contributed by atoms with Gasteiger partial charge in [-0.25, -0.2) is 8.42 Å². The van der Waals surface area contributed by atoms with Gasteiger partial charge in [-0.15, -0.1) is 0 Å². The summed E-state index contributed by atoms with van der Waals surface area (Å²) in [5.41, 5.74) is 5.95. The second-order valence-corrected chi connectivity index (χ2v) is 7.68. The van der Waals surface area contributed by atoms with Gasteiger partial charge in [0.15, 0.2) is 0 Å². The van der Waals surface area contributed by atoms with Crippen LogP contribution >= 0.6 is 23.2 Å². The minimum atomic E-state index is -3.73. The highest BCUT2D eigenvalue weighted by atomic mass is 35.5. The van der Waals surface area contributed by atoms with Gasteiger partial charge in [-0.2, -0.15) is 4.31 Å². The minimum absolute atomic E-state index is 0.0566. The predicted molar refractivity (Wildman–Crippen MR) is 81.7 cm³/mol. The maximum atomic E-state index is 12.8. The normalized spacial score (nSPS) is 22.1. The van der Waals surface area contributed by atoms with Crippen LogP contribution in [0.5, 0.6) is 0 Å². The van der Waals surface area contributed by atoms with E-state index in [4.69, 9.17) is 28.9 Å². The molecule has 5 nitrogen and oxygen atoms in total. The third kappa shape index (κ3) is 2.89. The number of nitrogens with zero attached hydrogens (tertiary/aromatic N) is 2. The molecule has 1 atom stereocenters. The van der Waals surface area contributed by atoms with Crippen LogP contribution in [0.25, 0.3) is 0 Å². The van der Waals surface area contributed by atoms with E-state index in [1.807, 2.05) is 14.0 Å². The van der Waals surface area contributed by atoms with E-state index in [1.165, 1.54) is 16.4 Å². The topological polar surface area (TPSA) is 66.6 Å². The van der Waals surface area contributed by atoms with Crippen LogP contribution in [0.2, 0.25) is 10.0 Å². The monoisotopic (exact) mass is 337 g/mol. The summed E-state index contributed by atoms with van der Waals surface area (Å²) in [6, 6.07) is 2.67. The fraction of sp³-hybridized carbons (Fsp3) is 0.500. The van der Waals surface area contributed by atoms with Gasteiger partial charge in [0.05, 0.1) is 10.0 Å². The number of likely N-dealkylation sites (N-methyl/N-ethyl adjacent to an activating group) is 1. The first-order chi connectivity index (χ1) is 9.23. The molecule has 112 valence electrons. The van der Waals surface area contributed by atoms with Crippen LogP contribution < -0.4 is 5.73 Å². The molecule has 0 amide bonds. The SMILES string of the molecule is CC1CN(C)CCN1S(=O)(=O)c1c(Cl)cc(N)cc1Cl. The Morgan fingerprint density at radius 1 is 1.25 bits per heavy atom. The molecule has 0 aromatic heterocycles. The summed E-state index contributed by atoms with van der Waals surface area (Å²) in [6.45, 7) is 3.63. The molecular formula is C12H17Cl2N3O2S. The summed E-state index contributed by atoms with van der Waals surface area (Å²) in [5.74, 6) is 0. The van der Waals surface area contributed by atoms with Crippen molar-refractivity contribution in [2.24, 2.45) is 0 Å². The second kappa shape index (κ2) is 5.69. The second-order valence-electron chi connectivity index (χ2n) is 5.04. The molecule has 2 N–H and O–H groups in total. The van der Waals surface area contributed by atoms with E-state index in [2.05, 4.69) is 4.90 Å². The molecule has 1 saturated heterocycles. The van der Waals surface area contributed by atoms with Crippen molar-refractivity contribution >= 4 is 38.9 Å². The van der Waals surface area contributed by atoms with Crippen LogP contribution in [0.3, 0.4) is 0 Å². The highest BCUT2D eigenvalue weighted by molar-refractivity contribution is 7.89. The van der Waals surface area contributed by atoms with Crippen molar-refractivity contribution in [3.05, 3.63) is 22.2 Å². The summed E-state index contributed by atoms with van der Waals surface area (Å²) in [4.78, 5) is 2.02. The van der Waals surface area contributed by atoms with Crippen LogP contribution in [0.1, 0.15) is 6.92 Å². The highest BCUT2D eigenvalue weighted by Crippen LogP contribution is 2.35. The molecule has 1 aromatic carbocycles. The summed E-state index contributed by atoms with van der Waals surface area (Å²) in [6.07, 6.45) is 0. The third-order valence-electron chi connectivity index (χ3n) is 3.36. The van der Waals surface area contributed by atoms with Gasteiger partial charge in [0.25, 0.3) is 0 Å². The summed E-state index contributed by atoms with van der Waals surface area (Å²) >= 11 is 12.1. The Kier molecular flexibility index (Phi) is 4.51. The number of nitrogen functional groups attached to an aromatic ring is 1. The lowest BCUT2D eigenvalue weighted by Crippen LogP contribution is -2.52. The van der Waals surface area contributed by atoms with Gasteiger partial charge in [0.1, 0.15) is 4.90 Å². The first-order valence-corrected chi connectivity index (χ1v) is 8.38. The van der Waals surface area contributed by atoms with Crippen LogP contribution in [-0.4, -0.2) is 50.3 Å². The average molecular weight is 338 g/mol. The van der Waals surface area contributed by atoms with Crippen molar-refractivity contribution in [2.45, 2.75) is 17.9 Å². The Labute approximate surface area is 129 Å². The first kappa shape index (κ1) is 15.9. The number of nitrogens with two attached hydrogens (primary N) is 1. The zero-order valence-corrected chi connectivity index (χ0v) is 13.6. The molecule has 0 aliphatic carbocycles. The largest absolute Gasteiger partial charge is 0.399 e. The zero-order valence-electron chi connectivity index (χ0n) is 11.3. The minimum Gasteiger partial charge on any atom is -0.399 e. The average Bonchev–Trinajstić information content (AvgIpc) is 2.25. The number of benzene rings is 1. The number of hydrogen-bond acceptors (Lipinski definition) is 4. The lowest BCUT2D eigenvalue weighted by molar-refractivity contribution is 0.170. The third-order valence-corrected chi connectivity index (χ3v) is 6.29. The van der Waals surface area contributed by atoms with Gasteiger partial charge < -0.3 is 10.6 Å². The zero-order chi connectivity index (χ0) is 15.1. The number of rotatable bonds is 2. The maximum Gasteiger partial charge on any atom is 0.246 e. The smallest absolute Gasteiger partial charge is 0.246 e. The van der Waals surface area contributed by atoms with Crippen molar-refractivity contribution in [1.29, 1.82) is 0 Å². The van der Waals surface area contributed by atoms with E-state index in [0.717, 1.165) is 0 Å². The fourth-order valence-corrected chi connectivity index (χ4v) is 5.22. The lowest BCUT2D eigenvalue weighted by Gasteiger charge is -2.37. The standard InChI is InChI=1S/C12H17Cl2N3O2S/c1-8-7-16(2)3-4-17(8)20(18,19)12-10(13)5-9(15)6-11(12)14/h5-6,8H,3-4,7,15H2,1-2H3. The molecule has 20 heavy (non-hydrogen) atoms. The number of hydrogen-bond donors (Lipinski definition) is 1.